The van der Waals surface area contributed by atoms with Crippen LogP contribution in [0.5, 0.6) is 11.5 Å². The third-order valence-corrected chi connectivity index (χ3v) is 5.26. The molecule has 0 aromatic heterocycles. The standard InChI is InChI=1S/C24H34O2/c1-14-10-15(2)21(25)16(3)18(14)11-17-12-19(23(4,5)6)22(26)20(13-17)24(7,8)9/h10,12-13,25-26H,11H2,1-9H3. The molecule has 2 heteroatoms. The van der Waals surface area contributed by atoms with E-state index in [1.807, 2.05) is 19.9 Å². The predicted molar refractivity (Wildman–Crippen MR) is 111 cm³/mol. The lowest BCUT2D eigenvalue weighted by Gasteiger charge is -2.28. The highest BCUT2D eigenvalue weighted by atomic mass is 16.3. The predicted octanol–water partition coefficient (Wildman–Crippen LogP) is 6.21. The number of phenols is 2. The smallest absolute Gasteiger partial charge is 0.123 e. The van der Waals surface area contributed by atoms with Gasteiger partial charge in [-0.25, -0.2) is 0 Å². The fourth-order valence-corrected chi connectivity index (χ4v) is 3.63. The lowest BCUT2D eigenvalue weighted by atomic mass is 9.77. The molecule has 0 aliphatic carbocycles. The van der Waals surface area contributed by atoms with Crippen LogP contribution in [0.3, 0.4) is 0 Å². The van der Waals surface area contributed by atoms with Crippen molar-refractivity contribution in [3.05, 3.63) is 57.1 Å². The molecule has 0 saturated carbocycles. The van der Waals surface area contributed by atoms with E-state index in [-0.39, 0.29) is 10.8 Å². The van der Waals surface area contributed by atoms with Crippen molar-refractivity contribution in [3.63, 3.8) is 0 Å². The van der Waals surface area contributed by atoms with Crippen LogP contribution < -0.4 is 0 Å². The monoisotopic (exact) mass is 354 g/mol. The lowest BCUT2D eigenvalue weighted by molar-refractivity contribution is 0.422. The topological polar surface area (TPSA) is 40.5 Å². The van der Waals surface area contributed by atoms with Gasteiger partial charge < -0.3 is 10.2 Å². The summed E-state index contributed by atoms with van der Waals surface area (Å²) in [5, 5.41) is 21.3. The molecule has 2 N–H and O–H groups in total. The maximum atomic E-state index is 10.9. The van der Waals surface area contributed by atoms with Crippen molar-refractivity contribution in [2.24, 2.45) is 0 Å². The summed E-state index contributed by atoms with van der Waals surface area (Å²) in [6.45, 7) is 18.8. The molecule has 0 fully saturated rings. The highest BCUT2D eigenvalue weighted by molar-refractivity contribution is 5.53. The molecule has 0 spiro atoms. The molecule has 0 radical (unpaired) electrons. The van der Waals surface area contributed by atoms with Crippen LogP contribution in [0.15, 0.2) is 18.2 Å². The first kappa shape index (κ1) is 20.4. The summed E-state index contributed by atoms with van der Waals surface area (Å²) < 4.78 is 0. The summed E-state index contributed by atoms with van der Waals surface area (Å²) in [6.07, 6.45) is 0.748. The van der Waals surface area contributed by atoms with E-state index in [9.17, 15) is 10.2 Å². The summed E-state index contributed by atoms with van der Waals surface area (Å²) in [7, 11) is 0. The van der Waals surface area contributed by atoms with E-state index in [0.717, 1.165) is 28.7 Å². The first-order chi connectivity index (χ1) is 11.7. The Morgan fingerprint density at radius 3 is 1.58 bits per heavy atom. The second-order valence-corrected chi connectivity index (χ2v) is 9.68. The van der Waals surface area contributed by atoms with Gasteiger partial charge in [0.2, 0.25) is 0 Å². The molecule has 0 saturated heterocycles. The minimum atomic E-state index is -0.139. The van der Waals surface area contributed by atoms with E-state index in [0.29, 0.717) is 11.5 Å². The van der Waals surface area contributed by atoms with Gasteiger partial charge in [0.1, 0.15) is 11.5 Å². The van der Waals surface area contributed by atoms with Crippen LogP contribution in [0, 0.1) is 20.8 Å². The Balaban J connectivity index is 2.67. The quantitative estimate of drug-likeness (QED) is 0.673. The fraction of sp³-hybridized carbons (Fsp3) is 0.500. The van der Waals surface area contributed by atoms with Crippen molar-refractivity contribution >= 4 is 0 Å². The zero-order valence-corrected chi connectivity index (χ0v) is 17.8. The van der Waals surface area contributed by atoms with Crippen LogP contribution in [0.1, 0.15) is 80.5 Å². The molecular formula is C24H34O2. The highest BCUT2D eigenvalue weighted by Crippen LogP contribution is 2.40. The third-order valence-electron chi connectivity index (χ3n) is 5.26. The van der Waals surface area contributed by atoms with Crippen LogP contribution in [-0.2, 0) is 17.3 Å². The Morgan fingerprint density at radius 1 is 0.692 bits per heavy atom. The van der Waals surface area contributed by atoms with Crippen molar-refractivity contribution in [2.45, 2.75) is 79.6 Å². The van der Waals surface area contributed by atoms with E-state index >= 15 is 0 Å². The van der Waals surface area contributed by atoms with Crippen molar-refractivity contribution in [2.75, 3.05) is 0 Å². The lowest BCUT2D eigenvalue weighted by Crippen LogP contribution is -2.18. The summed E-state index contributed by atoms with van der Waals surface area (Å²) in [5.74, 6) is 0.797. The maximum absolute atomic E-state index is 10.9. The highest BCUT2D eigenvalue weighted by Gasteiger charge is 2.26. The number of phenolic OH excluding ortho intramolecular Hbond substituents is 2. The summed E-state index contributed by atoms with van der Waals surface area (Å²) >= 11 is 0. The molecule has 0 bridgehead atoms. The van der Waals surface area contributed by atoms with Gasteiger partial charge in [0.15, 0.2) is 0 Å². The van der Waals surface area contributed by atoms with Crippen molar-refractivity contribution in [3.8, 4) is 11.5 Å². The SMILES string of the molecule is Cc1cc(C)c(Cc2cc(C(C)(C)C)c(O)c(C(C)(C)C)c2)c(C)c1O. The average Bonchev–Trinajstić information content (AvgIpc) is 2.48. The molecule has 2 aromatic rings. The van der Waals surface area contributed by atoms with Gasteiger partial charge in [0, 0.05) is 0 Å². The van der Waals surface area contributed by atoms with E-state index in [1.54, 1.807) is 0 Å². The Kier molecular flexibility index (Phi) is 5.20. The van der Waals surface area contributed by atoms with Crippen molar-refractivity contribution in [1.82, 2.24) is 0 Å². The van der Waals surface area contributed by atoms with Gasteiger partial charge in [-0.3, -0.25) is 0 Å². The van der Waals surface area contributed by atoms with Crippen LogP contribution >= 0.6 is 0 Å². The second kappa shape index (κ2) is 6.64. The second-order valence-electron chi connectivity index (χ2n) is 9.68. The van der Waals surface area contributed by atoms with Crippen LogP contribution in [-0.4, -0.2) is 10.2 Å². The number of rotatable bonds is 2. The molecule has 2 nitrogen and oxygen atoms in total. The zero-order valence-electron chi connectivity index (χ0n) is 17.8. The number of hydrogen-bond donors (Lipinski definition) is 2. The largest absolute Gasteiger partial charge is 0.507 e. The van der Waals surface area contributed by atoms with Crippen LogP contribution in [0.2, 0.25) is 0 Å². The first-order valence-corrected chi connectivity index (χ1v) is 9.39. The Hall–Kier alpha value is -1.96. The molecule has 0 amide bonds. The zero-order chi connectivity index (χ0) is 20.0. The average molecular weight is 355 g/mol. The number of aryl methyl sites for hydroxylation is 2. The minimum Gasteiger partial charge on any atom is -0.507 e. The van der Waals surface area contributed by atoms with Crippen LogP contribution in [0.4, 0.5) is 0 Å². The normalized spacial score (nSPS) is 12.5. The fourth-order valence-electron chi connectivity index (χ4n) is 3.63. The Bertz CT molecular complexity index is 796. The van der Waals surface area contributed by atoms with Gasteiger partial charge in [-0.1, -0.05) is 59.7 Å². The van der Waals surface area contributed by atoms with Gasteiger partial charge in [-0.15, -0.1) is 0 Å². The Labute approximate surface area is 158 Å². The van der Waals surface area contributed by atoms with E-state index in [4.69, 9.17) is 0 Å². The molecule has 26 heavy (non-hydrogen) atoms. The van der Waals surface area contributed by atoms with Gasteiger partial charge >= 0.3 is 0 Å². The van der Waals surface area contributed by atoms with Gasteiger partial charge in [-0.05, 0) is 77.0 Å². The molecular weight excluding hydrogens is 320 g/mol. The Morgan fingerprint density at radius 2 is 1.15 bits per heavy atom. The van der Waals surface area contributed by atoms with Crippen molar-refractivity contribution < 1.29 is 10.2 Å². The third kappa shape index (κ3) is 3.90. The van der Waals surface area contributed by atoms with Crippen LogP contribution in [0.25, 0.3) is 0 Å². The van der Waals surface area contributed by atoms with E-state index in [2.05, 4.69) is 60.6 Å². The summed E-state index contributed by atoms with van der Waals surface area (Å²) in [4.78, 5) is 0. The molecule has 0 aliphatic heterocycles. The van der Waals surface area contributed by atoms with E-state index < -0.39 is 0 Å². The molecule has 0 unspecified atom stereocenters. The van der Waals surface area contributed by atoms with Gasteiger partial charge in [0.05, 0.1) is 0 Å². The van der Waals surface area contributed by atoms with Gasteiger partial charge in [-0.2, -0.15) is 0 Å². The minimum absolute atomic E-state index is 0.139. The van der Waals surface area contributed by atoms with Crippen molar-refractivity contribution in [1.29, 1.82) is 0 Å². The van der Waals surface area contributed by atoms with E-state index in [1.165, 1.54) is 16.7 Å². The molecule has 0 heterocycles. The maximum Gasteiger partial charge on any atom is 0.123 e. The molecule has 0 atom stereocenters. The molecule has 0 aliphatic rings. The summed E-state index contributed by atoms with van der Waals surface area (Å²) in [5.41, 5.74) is 7.08. The summed E-state index contributed by atoms with van der Waals surface area (Å²) in [6, 6.07) is 6.30. The molecule has 2 aromatic carbocycles. The molecule has 2 rings (SSSR count). The molecule has 142 valence electrons. The number of benzene rings is 2. The number of hydrogen-bond acceptors (Lipinski definition) is 2. The number of aromatic hydroxyl groups is 2. The van der Waals surface area contributed by atoms with Gasteiger partial charge in [0.25, 0.3) is 0 Å². The first-order valence-electron chi connectivity index (χ1n) is 9.39.